The van der Waals surface area contributed by atoms with E-state index in [1.165, 1.54) is 20.1 Å². The number of methoxy groups -OCH3 is 2. The lowest BCUT2D eigenvalue weighted by Crippen LogP contribution is -2.51. The van der Waals surface area contributed by atoms with Crippen molar-refractivity contribution in [2.75, 3.05) is 14.2 Å². The van der Waals surface area contributed by atoms with Crippen molar-refractivity contribution >= 4 is 18.0 Å². The number of hydrogen-bond acceptors (Lipinski definition) is 7. The smallest absolute Gasteiger partial charge is 0.412 e. The van der Waals surface area contributed by atoms with E-state index in [1.54, 1.807) is 57.9 Å². The number of nitrogens with zero attached hydrogens (tertiary/aromatic N) is 1. The van der Waals surface area contributed by atoms with Crippen molar-refractivity contribution < 1.29 is 33.3 Å². The van der Waals surface area contributed by atoms with E-state index in [9.17, 15) is 14.4 Å². The highest BCUT2D eigenvalue weighted by molar-refractivity contribution is 5.96. The second-order valence-corrected chi connectivity index (χ2v) is 10.4. The fraction of sp³-hybridized carbons (Fsp3) is 0.406. The number of amides is 2. The molecule has 0 aliphatic rings. The Kier molecular flexibility index (Phi) is 12.5. The van der Waals surface area contributed by atoms with Crippen LogP contribution in [0.5, 0.6) is 11.5 Å². The molecule has 0 aliphatic heterocycles. The first-order valence-corrected chi connectivity index (χ1v) is 13.4. The quantitative estimate of drug-likeness (QED) is 0.192. The number of carbonyl (C=O) groups excluding carboxylic acids is 3. The van der Waals surface area contributed by atoms with Crippen LogP contribution in [0, 0.1) is 0 Å². The molecule has 2 rings (SSSR count). The molecule has 0 unspecified atom stereocenters. The molecule has 41 heavy (non-hydrogen) atoms. The van der Waals surface area contributed by atoms with Crippen molar-refractivity contribution in [3.63, 3.8) is 0 Å². The molecule has 9 nitrogen and oxygen atoms in total. The molecule has 0 aromatic heterocycles. The number of allylic oxidation sites excluding steroid dienone is 1. The first-order valence-electron chi connectivity index (χ1n) is 13.4. The minimum absolute atomic E-state index is 0.0185. The van der Waals surface area contributed by atoms with E-state index >= 15 is 0 Å². The van der Waals surface area contributed by atoms with E-state index in [2.05, 4.69) is 11.9 Å². The van der Waals surface area contributed by atoms with Crippen LogP contribution in [0.3, 0.4) is 0 Å². The molecule has 0 radical (unpaired) electrons. The normalized spacial score (nSPS) is 12.9. The number of alkyl carbamates (subject to hydrolysis) is 1. The minimum Gasteiger partial charge on any atom is -0.497 e. The number of esters is 1. The monoisotopic (exact) mass is 566 g/mol. The Morgan fingerprint density at radius 2 is 1.73 bits per heavy atom. The SMILES string of the molecule is C=CC[C@H](OC(C)=O)[C@H](Cc1ccccc1)N(Cc1ccc(OC)cc1OC)C(=O)/C(=C/C)NC(=O)OC(C)(C)C. The second kappa shape index (κ2) is 15.5. The van der Waals surface area contributed by atoms with Gasteiger partial charge in [0.25, 0.3) is 5.91 Å². The van der Waals surface area contributed by atoms with Crippen LogP contribution in [-0.4, -0.2) is 54.8 Å². The molecule has 0 saturated carbocycles. The predicted molar refractivity (Wildman–Crippen MR) is 158 cm³/mol. The van der Waals surface area contributed by atoms with Crippen LogP contribution in [0.1, 0.15) is 52.2 Å². The molecule has 2 amide bonds. The van der Waals surface area contributed by atoms with Crippen LogP contribution in [0.4, 0.5) is 4.79 Å². The highest BCUT2D eigenvalue weighted by atomic mass is 16.6. The van der Waals surface area contributed by atoms with Crippen LogP contribution >= 0.6 is 0 Å². The van der Waals surface area contributed by atoms with Gasteiger partial charge < -0.3 is 23.8 Å². The largest absolute Gasteiger partial charge is 0.497 e. The lowest BCUT2D eigenvalue weighted by Gasteiger charge is -2.37. The van der Waals surface area contributed by atoms with Crippen LogP contribution in [0.25, 0.3) is 0 Å². The van der Waals surface area contributed by atoms with Gasteiger partial charge in [-0.2, -0.15) is 0 Å². The molecule has 0 aliphatic carbocycles. The number of nitrogens with one attached hydrogen (secondary N) is 1. The summed E-state index contributed by atoms with van der Waals surface area (Å²) < 4.78 is 22.1. The van der Waals surface area contributed by atoms with E-state index in [-0.39, 0.29) is 12.2 Å². The Morgan fingerprint density at radius 1 is 1.05 bits per heavy atom. The van der Waals surface area contributed by atoms with Gasteiger partial charge in [-0.1, -0.05) is 42.5 Å². The zero-order valence-corrected chi connectivity index (χ0v) is 25.1. The van der Waals surface area contributed by atoms with Crippen LogP contribution in [-0.2, 0) is 32.0 Å². The Balaban J connectivity index is 2.67. The molecule has 0 fully saturated rings. The second-order valence-electron chi connectivity index (χ2n) is 10.4. The molecule has 1 N–H and O–H groups in total. The molecular formula is C32H42N2O7. The van der Waals surface area contributed by atoms with Crippen molar-refractivity contribution in [1.82, 2.24) is 10.2 Å². The third-order valence-electron chi connectivity index (χ3n) is 6.08. The van der Waals surface area contributed by atoms with Crippen molar-refractivity contribution in [3.05, 3.63) is 84.1 Å². The zero-order valence-electron chi connectivity index (χ0n) is 25.1. The Hall–Kier alpha value is -4.27. The summed E-state index contributed by atoms with van der Waals surface area (Å²) in [5, 5.41) is 2.60. The summed E-state index contributed by atoms with van der Waals surface area (Å²) in [6.45, 7) is 12.1. The maximum Gasteiger partial charge on any atom is 0.412 e. The average molecular weight is 567 g/mol. The third kappa shape index (κ3) is 10.3. The molecule has 222 valence electrons. The van der Waals surface area contributed by atoms with Gasteiger partial charge in [-0.3, -0.25) is 14.9 Å². The highest BCUT2D eigenvalue weighted by Gasteiger charge is 2.35. The van der Waals surface area contributed by atoms with Gasteiger partial charge in [0.15, 0.2) is 0 Å². The van der Waals surface area contributed by atoms with Gasteiger partial charge in [0.1, 0.15) is 28.9 Å². The molecule has 0 saturated heterocycles. The molecule has 0 spiro atoms. The predicted octanol–water partition coefficient (Wildman–Crippen LogP) is 5.58. The molecule has 0 heterocycles. The minimum atomic E-state index is -0.762. The summed E-state index contributed by atoms with van der Waals surface area (Å²) in [4.78, 5) is 40.7. The fourth-order valence-electron chi connectivity index (χ4n) is 4.28. The van der Waals surface area contributed by atoms with E-state index in [0.717, 1.165) is 5.56 Å². The molecule has 0 bridgehead atoms. The van der Waals surface area contributed by atoms with Crippen molar-refractivity contribution in [2.45, 2.75) is 71.8 Å². The van der Waals surface area contributed by atoms with Crippen molar-refractivity contribution in [2.24, 2.45) is 0 Å². The summed E-state index contributed by atoms with van der Waals surface area (Å²) in [5.74, 6) is 0.130. The van der Waals surface area contributed by atoms with Crippen LogP contribution in [0.2, 0.25) is 0 Å². The number of hydrogen-bond donors (Lipinski definition) is 1. The topological polar surface area (TPSA) is 103 Å². The van der Waals surface area contributed by atoms with Gasteiger partial charge in [0.2, 0.25) is 0 Å². The molecule has 2 aromatic rings. The standard InChI is InChI=1S/C32H42N2O7/c1-9-14-28(40-22(3)35)27(19-23-15-12-11-13-16-23)34(21-24-17-18-25(38-7)20-29(24)39-8)30(36)26(10-2)33-31(37)41-32(4,5)6/h9-13,15-18,20,27-28H,1,14,19,21H2,2-8H3,(H,33,37)/b26-10-/t27-,28-/m0/s1. The van der Waals surface area contributed by atoms with Gasteiger partial charge in [0, 0.05) is 25.0 Å². The van der Waals surface area contributed by atoms with Gasteiger partial charge in [-0.15, -0.1) is 6.58 Å². The maximum absolute atomic E-state index is 14.3. The Bertz CT molecular complexity index is 1220. The van der Waals surface area contributed by atoms with Crippen LogP contribution in [0.15, 0.2) is 73.0 Å². The summed E-state index contributed by atoms with van der Waals surface area (Å²) in [5.41, 5.74) is 0.875. The Morgan fingerprint density at radius 3 is 2.27 bits per heavy atom. The number of benzene rings is 2. The first-order chi connectivity index (χ1) is 19.4. The van der Waals surface area contributed by atoms with Gasteiger partial charge in [0.05, 0.1) is 26.8 Å². The fourth-order valence-corrected chi connectivity index (χ4v) is 4.28. The van der Waals surface area contributed by atoms with E-state index in [1.807, 2.05) is 36.4 Å². The van der Waals surface area contributed by atoms with E-state index < -0.39 is 35.7 Å². The highest BCUT2D eigenvalue weighted by Crippen LogP contribution is 2.29. The molecule has 9 heteroatoms. The number of ether oxygens (including phenoxy) is 4. The van der Waals surface area contributed by atoms with Crippen LogP contribution < -0.4 is 14.8 Å². The summed E-state index contributed by atoms with van der Waals surface area (Å²) >= 11 is 0. The van der Waals surface area contributed by atoms with E-state index in [0.29, 0.717) is 29.9 Å². The van der Waals surface area contributed by atoms with Crippen molar-refractivity contribution in [1.29, 1.82) is 0 Å². The van der Waals surface area contributed by atoms with Gasteiger partial charge in [-0.25, -0.2) is 4.79 Å². The average Bonchev–Trinajstić information content (AvgIpc) is 2.92. The molecular weight excluding hydrogens is 524 g/mol. The van der Waals surface area contributed by atoms with E-state index in [4.69, 9.17) is 18.9 Å². The molecule has 2 atom stereocenters. The number of rotatable bonds is 13. The summed E-state index contributed by atoms with van der Waals surface area (Å²) in [6.07, 6.45) is 2.34. The summed E-state index contributed by atoms with van der Waals surface area (Å²) in [7, 11) is 3.09. The number of carbonyl (C=O) groups is 3. The third-order valence-corrected chi connectivity index (χ3v) is 6.08. The lowest BCUT2D eigenvalue weighted by molar-refractivity contribution is -0.153. The summed E-state index contributed by atoms with van der Waals surface area (Å²) in [6, 6.07) is 14.3. The van der Waals surface area contributed by atoms with Gasteiger partial charge in [-0.05, 0) is 51.8 Å². The zero-order chi connectivity index (χ0) is 30.6. The maximum atomic E-state index is 14.3. The van der Waals surface area contributed by atoms with Gasteiger partial charge >= 0.3 is 12.1 Å². The lowest BCUT2D eigenvalue weighted by atomic mass is 9.96. The molecule has 2 aromatic carbocycles. The van der Waals surface area contributed by atoms with Crippen molar-refractivity contribution in [3.8, 4) is 11.5 Å². The Labute approximate surface area is 243 Å². The first kappa shape index (κ1) is 32.9.